The van der Waals surface area contributed by atoms with Crippen molar-refractivity contribution in [3.63, 3.8) is 0 Å². The molecular formula is C16H27N5. The van der Waals surface area contributed by atoms with Crippen molar-refractivity contribution in [1.29, 1.82) is 0 Å². The van der Waals surface area contributed by atoms with Crippen LogP contribution >= 0.6 is 0 Å². The Bertz CT molecular complexity index is 482. The zero-order valence-electron chi connectivity index (χ0n) is 13.2. The van der Waals surface area contributed by atoms with Gasteiger partial charge in [-0.3, -0.25) is 9.80 Å². The Balaban J connectivity index is 1.88. The van der Waals surface area contributed by atoms with Crippen LogP contribution in [-0.4, -0.2) is 60.1 Å². The largest absolute Gasteiger partial charge is 0.383 e. The zero-order chi connectivity index (χ0) is 14.8. The lowest BCUT2D eigenvalue weighted by molar-refractivity contribution is -0.00358. The molecule has 0 saturated carbocycles. The number of hydrogen-bond acceptors (Lipinski definition) is 5. The highest BCUT2D eigenvalue weighted by molar-refractivity contribution is 5.44. The molecule has 0 aromatic carbocycles. The third-order valence-corrected chi connectivity index (χ3v) is 4.74. The highest BCUT2D eigenvalue weighted by Crippen LogP contribution is 2.30. The summed E-state index contributed by atoms with van der Waals surface area (Å²) in [5.74, 6) is 0.673. The summed E-state index contributed by atoms with van der Waals surface area (Å²) in [6.07, 6.45) is 2.98. The van der Waals surface area contributed by atoms with Crippen LogP contribution in [0.5, 0.6) is 0 Å². The van der Waals surface area contributed by atoms with E-state index in [9.17, 15) is 0 Å². The van der Waals surface area contributed by atoms with E-state index in [1.807, 2.05) is 6.20 Å². The summed E-state index contributed by atoms with van der Waals surface area (Å²) >= 11 is 0. The van der Waals surface area contributed by atoms with Gasteiger partial charge in [0, 0.05) is 50.5 Å². The van der Waals surface area contributed by atoms with Crippen LogP contribution in [0.4, 0.5) is 5.82 Å². The molecule has 2 bridgehead atoms. The third kappa shape index (κ3) is 3.05. The molecule has 3 aliphatic rings. The molecule has 3 aliphatic heterocycles. The van der Waals surface area contributed by atoms with Crippen LogP contribution in [0.15, 0.2) is 12.3 Å². The van der Waals surface area contributed by atoms with Gasteiger partial charge in [-0.05, 0) is 31.5 Å². The van der Waals surface area contributed by atoms with E-state index >= 15 is 0 Å². The molecule has 3 fully saturated rings. The smallest absolute Gasteiger partial charge is 0.128 e. The summed E-state index contributed by atoms with van der Waals surface area (Å²) in [4.78, 5) is 9.56. The number of hydrogen-bond donors (Lipinski definition) is 2. The number of piperazine rings is 3. The van der Waals surface area contributed by atoms with E-state index in [-0.39, 0.29) is 6.04 Å². The van der Waals surface area contributed by atoms with Crippen LogP contribution in [0.1, 0.15) is 30.5 Å². The second-order valence-electron chi connectivity index (χ2n) is 6.32. The summed E-state index contributed by atoms with van der Waals surface area (Å²) in [5, 5.41) is 3.72. The van der Waals surface area contributed by atoms with E-state index in [0.717, 1.165) is 19.5 Å². The van der Waals surface area contributed by atoms with E-state index in [2.05, 4.69) is 40.0 Å². The van der Waals surface area contributed by atoms with Crippen LogP contribution in [0.2, 0.25) is 0 Å². The molecular weight excluding hydrogens is 262 g/mol. The van der Waals surface area contributed by atoms with Crippen molar-refractivity contribution in [3.05, 3.63) is 23.4 Å². The van der Waals surface area contributed by atoms with Gasteiger partial charge in [0.05, 0.1) is 6.04 Å². The first-order chi connectivity index (χ1) is 10.2. The molecule has 116 valence electrons. The van der Waals surface area contributed by atoms with Gasteiger partial charge in [-0.2, -0.15) is 0 Å². The second-order valence-corrected chi connectivity index (χ2v) is 6.32. The number of nitrogens with one attached hydrogen (secondary N) is 1. The maximum Gasteiger partial charge on any atom is 0.128 e. The van der Waals surface area contributed by atoms with Crippen LogP contribution in [0.25, 0.3) is 0 Å². The number of pyridine rings is 1. The number of aryl methyl sites for hydroxylation is 1. The first-order valence-corrected chi connectivity index (χ1v) is 8.11. The first-order valence-electron chi connectivity index (χ1n) is 8.11. The molecule has 5 nitrogen and oxygen atoms in total. The molecule has 4 heterocycles. The lowest BCUT2D eigenvalue weighted by atomic mass is 9.93. The molecule has 0 spiro atoms. The van der Waals surface area contributed by atoms with Gasteiger partial charge in [0.1, 0.15) is 5.82 Å². The topological polar surface area (TPSA) is 57.4 Å². The Hall–Kier alpha value is -1.17. The fourth-order valence-electron chi connectivity index (χ4n) is 3.58. The molecule has 0 amide bonds. The van der Waals surface area contributed by atoms with Crippen molar-refractivity contribution in [3.8, 4) is 0 Å². The summed E-state index contributed by atoms with van der Waals surface area (Å²) in [7, 11) is 0. The Morgan fingerprint density at radius 2 is 2.14 bits per heavy atom. The number of nitrogen functional groups attached to an aromatic ring is 1. The van der Waals surface area contributed by atoms with Gasteiger partial charge in [-0.15, -0.1) is 0 Å². The monoisotopic (exact) mass is 289 g/mol. The number of nitrogens with zero attached hydrogens (tertiary/aromatic N) is 3. The maximum absolute atomic E-state index is 6.18. The van der Waals surface area contributed by atoms with Gasteiger partial charge in [0.2, 0.25) is 0 Å². The van der Waals surface area contributed by atoms with Crippen LogP contribution in [0.3, 0.4) is 0 Å². The molecule has 0 radical (unpaired) electrons. The number of fused-ring (bicyclic) bond motifs is 3. The van der Waals surface area contributed by atoms with Crippen molar-refractivity contribution < 1.29 is 0 Å². The summed E-state index contributed by atoms with van der Waals surface area (Å²) < 4.78 is 0. The van der Waals surface area contributed by atoms with E-state index in [4.69, 9.17) is 5.73 Å². The molecule has 3 N–H and O–H groups in total. The van der Waals surface area contributed by atoms with Gasteiger partial charge in [0.15, 0.2) is 0 Å². The van der Waals surface area contributed by atoms with Crippen molar-refractivity contribution in [2.45, 2.75) is 32.4 Å². The maximum atomic E-state index is 6.18. The van der Waals surface area contributed by atoms with Crippen LogP contribution in [-0.2, 0) is 0 Å². The minimum absolute atomic E-state index is 0.278. The minimum atomic E-state index is 0.278. The van der Waals surface area contributed by atoms with Gasteiger partial charge < -0.3 is 11.1 Å². The first kappa shape index (κ1) is 14.8. The minimum Gasteiger partial charge on any atom is -0.383 e. The van der Waals surface area contributed by atoms with Crippen molar-refractivity contribution >= 4 is 5.82 Å². The predicted octanol–water partition coefficient (Wildman–Crippen LogP) is 1.01. The molecule has 5 heteroatoms. The predicted molar refractivity (Wildman–Crippen MR) is 86.2 cm³/mol. The van der Waals surface area contributed by atoms with E-state index in [0.29, 0.717) is 11.9 Å². The molecule has 2 unspecified atom stereocenters. The fourth-order valence-corrected chi connectivity index (χ4v) is 3.58. The van der Waals surface area contributed by atoms with Crippen molar-refractivity contribution in [1.82, 2.24) is 20.1 Å². The average molecular weight is 289 g/mol. The Morgan fingerprint density at radius 1 is 1.38 bits per heavy atom. The van der Waals surface area contributed by atoms with E-state index in [1.165, 1.54) is 37.3 Å². The molecule has 0 aliphatic carbocycles. The number of rotatable bonds is 5. The molecule has 1 aromatic rings. The summed E-state index contributed by atoms with van der Waals surface area (Å²) in [6, 6.07) is 2.99. The summed E-state index contributed by atoms with van der Waals surface area (Å²) in [5.41, 5.74) is 8.53. The van der Waals surface area contributed by atoms with Crippen LogP contribution in [0, 0.1) is 6.92 Å². The molecule has 2 atom stereocenters. The Kier molecular flexibility index (Phi) is 4.42. The van der Waals surface area contributed by atoms with E-state index in [1.54, 1.807) is 0 Å². The van der Waals surface area contributed by atoms with Crippen molar-refractivity contribution in [2.75, 3.05) is 45.0 Å². The molecule has 1 aromatic heterocycles. The molecule has 3 saturated heterocycles. The fraction of sp³-hybridized carbons (Fsp3) is 0.688. The van der Waals surface area contributed by atoms with Gasteiger partial charge in [-0.1, -0.05) is 6.92 Å². The SMILES string of the molecule is CCCNC(c1cc(C)cnc1N)C1CN2CCN1CC2. The van der Waals surface area contributed by atoms with Gasteiger partial charge in [0.25, 0.3) is 0 Å². The van der Waals surface area contributed by atoms with Gasteiger partial charge >= 0.3 is 0 Å². The van der Waals surface area contributed by atoms with Gasteiger partial charge in [-0.25, -0.2) is 4.98 Å². The normalized spacial score (nSPS) is 29.5. The standard InChI is InChI=1S/C16H27N5/c1-3-4-18-15(13-9-12(2)10-19-16(13)17)14-11-20-5-7-21(14)8-6-20/h9-10,14-15,18H,3-8,11H2,1-2H3,(H2,17,19). The second kappa shape index (κ2) is 6.30. The van der Waals surface area contributed by atoms with E-state index < -0.39 is 0 Å². The lowest BCUT2D eigenvalue weighted by Crippen LogP contribution is -2.64. The summed E-state index contributed by atoms with van der Waals surface area (Å²) in [6.45, 7) is 11.2. The number of anilines is 1. The lowest BCUT2D eigenvalue weighted by Gasteiger charge is -2.50. The molecule has 4 rings (SSSR count). The van der Waals surface area contributed by atoms with Crippen LogP contribution < -0.4 is 11.1 Å². The van der Waals surface area contributed by atoms with Crippen molar-refractivity contribution in [2.24, 2.45) is 0 Å². The highest BCUT2D eigenvalue weighted by atomic mass is 15.4. The Labute approximate surface area is 127 Å². The number of nitrogens with two attached hydrogens (primary N) is 1. The third-order valence-electron chi connectivity index (χ3n) is 4.74. The zero-order valence-corrected chi connectivity index (χ0v) is 13.2. The number of aromatic nitrogens is 1. The quantitative estimate of drug-likeness (QED) is 0.847. The molecule has 21 heavy (non-hydrogen) atoms. The Morgan fingerprint density at radius 3 is 2.76 bits per heavy atom. The highest BCUT2D eigenvalue weighted by Gasteiger charge is 2.37. The average Bonchev–Trinajstić information content (AvgIpc) is 2.52.